The molecule has 0 spiro atoms. The van der Waals surface area contributed by atoms with Gasteiger partial charge in [-0.3, -0.25) is 4.84 Å². The highest BCUT2D eigenvalue weighted by Crippen LogP contribution is 2.29. The smallest absolute Gasteiger partial charge is 0.0751 e. The summed E-state index contributed by atoms with van der Waals surface area (Å²) in [5, 5.41) is 10.9. The van der Waals surface area contributed by atoms with Crippen LogP contribution in [0.25, 0.3) is 0 Å². The van der Waals surface area contributed by atoms with Gasteiger partial charge in [-0.2, -0.15) is 5.06 Å². The first kappa shape index (κ1) is 6.58. The second-order valence-electron chi connectivity index (χ2n) is 3.09. The van der Waals surface area contributed by atoms with E-state index in [4.69, 9.17) is 9.94 Å². The second-order valence-corrected chi connectivity index (χ2v) is 3.09. The molecule has 2 atom stereocenters. The van der Waals surface area contributed by atoms with Crippen LogP contribution >= 0.6 is 0 Å². The lowest BCUT2D eigenvalue weighted by atomic mass is 10.0. The third kappa shape index (κ3) is 0.856. The van der Waals surface area contributed by atoms with E-state index in [1.165, 1.54) is 12.8 Å². The summed E-state index contributed by atoms with van der Waals surface area (Å²) in [7, 11) is 0. The van der Waals surface area contributed by atoms with Crippen LogP contribution in [0.3, 0.4) is 0 Å². The molecule has 2 rings (SSSR count). The summed E-state index contributed by atoms with van der Waals surface area (Å²) >= 11 is 0. The van der Waals surface area contributed by atoms with Gasteiger partial charge in [0.05, 0.1) is 6.61 Å². The third-order valence-electron chi connectivity index (χ3n) is 2.48. The number of nitrogens with zero attached hydrogens (tertiary/aromatic N) is 1. The maximum atomic E-state index is 8.91. The lowest BCUT2D eigenvalue weighted by molar-refractivity contribution is -0.113. The van der Waals surface area contributed by atoms with Gasteiger partial charge in [0, 0.05) is 25.1 Å². The van der Waals surface area contributed by atoms with Crippen LogP contribution in [0.1, 0.15) is 12.8 Å². The van der Waals surface area contributed by atoms with Gasteiger partial charge in [0.25, 0.3) is 0 Å². The van der Waals surface area contributed by atoms with Crippen molar-refractivity contribution in [3.05, 3.63) is 0 Å². The van der Waals surface area contributed by atoms with Gasteiger partial charge in [0.2, 0.25) is 0 Å². The molecule has 0 aromatic rings. The summed E-state index contributed by atoms with van der Waals surface area (Å²) in [6, 6.07) is 0.519. The van der Waals surface area contributed by atoms with Crippen LogP contribution in [-0.2, 0) is 4.84 Å². The number of hydrogen-bond donors (Lipinski definition) is 1. The summed E-state index contributed by atoms with van der Waals surface area (Å²) in [4.78, 5) is 5.35. The summed E-state index contributed by atoms with van der Waals surface area (Å²) in [6.07, 6.45) is 2.42. The van der Waals surface area contributed by atoms with E-state index in [-0.39, 0.29) is 6.61 Å². The highest BCUT2D eigenvalue weighted by Gasteiger charge is 2.37. The minimum absolute atomic E-state index is 0.279. The summed E-state index contributed by atoms with van der Waals surface area (Å²) in [5.41, 5.74) is 0. The number of rotatable bonds is 1. The Labute approximate surface area is 60.5 Å². The van der Waals surface area contributed by atoms with Crippen molar-refractivity contribution in [2.24, 2.45) is 5.92 Å². The fourth-order valence-electron chi connectivity index (χ4n) is 1.87. The van der Waals surface area contributed by atoms with Crippen molar-refractivity contribution in [1.82, 2.24) is 5.06 Å². The Bertz CT molecular complexity index is 129. The predicted molar refractivity (Wildman–Crippen MR) is 36.3 cm³/mol. The molecule has 2 saturated heterocycles. The lowest BCUT2D eigenvalue weighted by Crippen LogP contribution is -2.26. The van der Waals surface area contributed by atoms with Gasteiger partial charge in [0.15, 0.2) is 0 Å². The first-order chi connectivity index (χ1) is 4.92. The highest BCUT2D eigenvalue weighted by atomic mass is 16.7. The average molecular weight is 143 g/mol. The fraction of sp³-hybridized carbons (Fsp3) is 1.00. The molecule has 3 heteroatoms. The Morgan fingerprint density at radius 2 is 2.50 bits per heavy atom. The fourth-order valence-corrected chi connectivity index (χ4v) is 1.87. The predicted octanol–water partition coefficient (Wildman–Crippen LogP) is 0.00450. The zero-order valence-electron chi connectivity index (χ0n) is 5.99. The van der Waals surface area contributed by atoms with E-state index in [1.54, 1.807) is 0 Å². The maximum Gasteiger partial charge on any atom is 0.0751 e. The molecule has 2 aliphatic heterocycles. The van der Waals surface area contributed by atoms with Gasteiger partial charge < -0.3 is 5.11 Å². The van der Waals surface area contributed by atoms with E-state index in [2.05, 4.69) is 0 Å². The molecule has 0 bridgehead atoms. The minimum Gasteiger partial charge on any atom is -0.396 e. The number of aliphatic hydroxyl groups is 1. The highest BCUT2D eigenvalue weighted by molar-refractivity contribution is 4.84. The van der Waals surface area contributed by atoms with Crippen molar-refractivity contribution in [3.8, 4) is 0 Å². The monoisotopic (exact) mass is 143 g/mol. The standard InChI is InChI=1S/C7H13NO2/c9-4-6-5-10-8-3-1-2-7(6)8/h6-7,9H,1-5H2. The molecule has 1 N–H and O–H groups in total. The number of aliphatic hydroxyl groups excluding tert-OH is 1. The van der Waals surface area contributed by atoms with Crippen molar-refractivity contribution in [2.45, 2.75) is 18.9 Å². The van der Waals surface area contributed by atoms with E-state index in [0.717, 1.165) is 13.2 Å². The van der Waals surface area contributed by atoms with Crippen LogP contribution < -0.4 is 0 Å². The quantitative estimate of drug-likeness (QED) is 0.561. The van der Waals surface area contributed by atoms with E-state index in [0.29, 0.717) is 12.0 Å². The average Bonchev–Trinajstić information content (AvgIpc) is 2.44. The lowest BCUT2D eigenvalue weighted by Gasteiger charge is -2.14. The van der Waals surface area contributed by atoms with Gasteiger partial charge >= 0.3 is 0 Å². The normalized spacial score (nSPS) is 40.5. The van der Waals surface area contributed by atoms with Crippen LogP contribution in [0.5, 0.6) is 0 Å². The SMILES string of the molecule is OCC1CON2CCCC12. The molecule has 2 fully saturated rings. The van der Waals surface area contributed by atoms with E-state index >= 15 is 0 Å². The van der Waals surface area contributed by atoms with Crippen LogP contribution in [0.4, 0.5) is 0 Å². The molecule has 58 valence electrons. The van der Waals surface area contributed by atoms with Gasteiger partial charge in [-0.05, 0) is 12.8 Å². The Kier molecular flexibility index (Phi) is 1.64. The Balaban J connectivity index is 2.01. The Hall–Kier alpha value is -0.120. The zero-order valence-corrected chi connectivity index (χ0v) is 5.99. The van der Waals surface area contributed by atoms with E-state index in [1.807, 2.05) is 5.06 Å². The van der Waals surface area contributed by atoms with E-state index in [9.17, 15) is 0 Å². The molecular weight excluding hydrogens is 130 g/mol. The minimum atomic E-state index is 0.279. The topological polar surface area (TPSA) is 32.7 Å². The number of fused-ring (bicyclic) bond motifs is 1. The Morgan fingerprint density at radius 1 is 1.60 bits per heavy atom. The van der Waals surface area contributed by atoms with Crippen molar-refractivity contribution >= 4 is 0 Å². The molecule has 0 aromatic heterocycles. The molecule has 0 aromatic carbocycles. The molecule has 2 unspecified atom stereocenters. The summed E-state index contributed by atoms with van der Waals surface area (Å²) < 4.78 is 0. The first-order valence-electron chi connectivity index (χ1n) is 3.92. The van der Waals surface area contributed by atoms with Crippen LogP contribution in [0.15, 0.2) is 0 Å². The maximum absolute atomic E-state index is 8.91. The number of hydrogen-bond acceptors (Lipinski definition) is 3. The van der Waals surface area contributed by atoms with Crippen molar-refractivity contribution < 1.29 is 9.94 Å². The first-order valence-corrected chi connectivity index (χ1v) is 3.92. The molecule has 0 radical (unpaired) electrons. The van der Waals surface area contributed by atoms with Crippen molar-refractivity contribution in [3.63, 3.8) is 0 Å². The number of hydroxylamine groups is 2. The second kappa shape index (κ2) is 2.49. The van der Waals surface area contributed by atoms with E-state index < -0.39 is 0 Å². The van der Waals surface area contributed by atoms with Gasteiger partial charge in [-0.25, -0.2) is 0 Å². The summed E-state index contributed by atoms with van der Waals surface area (Å²) in [6.45, 7) is 2.06. The van der Waals surface area contributed by atoms with Gasteiger partial charge in [-0.1, -0.05) is 0 Å². The van der Waals surface area contributed by atoms with Crippen LogP contribution in [0, 0.1) is 5.92 Å². The molecule has 2 heterocycles. The van der Waals surface area contributed by atoms with Crippen molar-refractivity contribution in [1.29, 1.82) is 0 Å². The van der Waals surface area contributed by atoms with Crippen LogP contribution in [-0.4, -0.2) is 36.0 Å². The van der Waals surface area contributed by atoms with Crippen molar-refractivity contribution in [2.75, 3.05) is 19.8 Å². The summed E-state index contributed by atoms with van der Waals surface area (Å²) in [5.74, 6) is 0.377. The molecule has 0 saturated carbocycles. The van der Waals surface area contributed by atoms with Gasteiger partial charge in [-0.15, -0.1) is 0 Å². The molecule has 2 aliphatic rings. The zero-order chi connectivity index (χ0) is 6.97. The van der Waals surface area contributed by atoms with Crippen LogP contribution in [0.2, 0.25) is 0 Å². The van der Waals surface area contributed by atoms with Gasteiger partial charge in [0.1, 0.15) is 0 Å². The molecule has 0 amide bonds. The Morgan fingerprint density at radius 3 is 3.30 bits per heavy atom. The molecular formula is C7H13NO2. The molecule has 0 aliphatic carbocycles. The molecule has 10 heavy (non-hydrogen) atoms. The molecule has 3 nitrogen and oxygen atoms in total. The third-order valence-corrected chi connectivity index (χ3v) is 2.48. The largest absolute Gasteiger partial charge is 0.396 e.